The van der Waals surface area contributed by atoms with Crippen LogP contribution in [-0.4, -0.2) is 35.1 Å². The molecule has 6 heteroatoms. The predicted octanol–water partition coefficient (Wildman–Crippen LogP) is 2.91. The van der Waals surface area contributed by atoms with Crippen LogP contribution in [0.25, 0.3) is 0 Å². The van der Waals surface area contributed by atoms with E-state index < -0.39 is 5.97 Å². The standard InChI is InChI=1S/C14H19ClN2O3/c1-3-17(9-8-13(18)19)14(20)16-10(2)11-4-6-12(15)7-5-11/h4-7,10H,3,8-9H2,1-2H3,(H,16,20)(H,18,19). The van der Waals surface area contributed by atoms with Crippen LogP contribution in [0.1, 0.15) is 31.9 Å². The molecule has 2 amide bonds. The van der Waals surface area contributed by atoms with E-state index in [-0.39, 0.29) is 25.0 Å². The fraction of sp³-hybridized carbons (Fsp3) is 0.429. The van der Waals surface area contributed by atoms with Gasteiger partial charge in [0.2, 0.25) is 0 Å². The molecule has 0 saturated heterocycles. The molecule has 0 radical (unpaired) electrons. The summed E-state index contributed by atoms with van der Waals surface area (Å²) in [5.41, 5.74) is 0.942. The number of aliphatic carboxylic acids is 1. The van der Waals surface area contributed by atoms with Gasteiger partial charge >= 0.3 is 12.0 Å². The summed E-state index contributed by atoms with van der Waals surface area (Å²) < 4.78 is 0. The van der Waals surface area contributed by atoms with Crippen molar-refractivity contribution in [2.24, 2.45) is 0 Å². The largest absolute Gasteiger partial charge is 0.481 e. The summed E-state index contributed by atoms with van der Waals surface area (Å²) >= 11 is 5.81. The second-order valence-corrected chi connectivity index (χ2v) is 4.88. The second kappa shape index (κ2) is 7.75. The molecule has 110 valence electrons. The highest BCUT2D eigenvalue weighted by molar-refractivity contribution is 6.30. The molecule has 1 unspecified atom stereocenters. The van der Waals surface area contributed by atoms with Crippen LogP contribution in [0.4, 0.5) is 4.79 Å². The Hall–Kier alpha value is -1.75. The number of hydrogen-bond acceptors (Lipinski definition) is 2. The average Bonchev–Trinajstić information content (AvgIpc) is 2.39. The minimum atomic E-state index is -0.915. The van der Waals surface area contributed by atoms with Crippen molar-refractivity contribution in [3.05, 3.63) is 34.9 Å². The van der Waals surface area contributed by atoms with Crippen molar-refractivity contribution in [1.29, 1.82) is 0 Å². The van der Waals surface area contributed by atoms with E-state index in [1.165, 1.54) is 4.90 Å². The van der Waals surface area contributed by atoms with E-state index in [2.05, 4.69) is 5.32 Å². The summed E-state index contributed by atoms with van der Waals surface area (Å²) in [5, 5.41) is 12.1. The third-order valence-corrected chi connectivity index (χ3v) is 3.23. The number of rotatable bonds is 6. The van der Waals surface area contributed by atoms with Crippen LogP contribution in [0.15, 0.2) is 24.3 Å². The quantitative estimate of drug-likeness (QED) is 0.848. The molecule has 0 fully saturated rings. The highest BCUT2D eigenvalue weighted by Crippen LogP contribution is 2.16. The Morgan fingerprint density at radius 2 is 1.95 bits per heavy atom. The van der Waals surface area contributed by atoms with Crippen molar-refractivity contribution in [2.75, 3.05) is 13.1 Å². The summed E-state index contributed by atoms with van der Waals surface area (Å²) in [6, 6.07) is 6.79. The van der Waals surface area contributed by atoms with Gasteiger partial charge in [-0.3, -0.25) is 4.79 Å². The molecule has 2 N–H and O–H groups in total. The van der Waals surface area contributed by atoms with Gasteiger partial charge < -0.3 is 15.3 Å². The molecule has 0 heterocycles. The van der Waals surface area contributed by atoms with Crippen LogP contribution in [0, 0.1) is 0 Å². The van der Waals surface area contributed by atoms with Crippen LogP contribution < -0.4 is 5.32 Å². The molecule has 1 atom stereocenters. The van der Waals surface area contributed by atoms with Gasteiger partial charge in [0.05, 0.1) is 12.5 Å². The molecular weight excluding hydrogens is 280 g/mol. The maximum atomic E-state index is 12.0. The number of carboxylic acid groups (broad SMARTS) is 1. The number of nitrogens with zero attached hydrogens (tertiary/aromatic N) is 1. The maximum absolute atomic E-state index is 12.0. The van der Waals surface area contributed by atoms with E-state index in [4.69, 9.17) is 16.7 Å². The number of carbonyl (C=O) groups is 2. The van der Waals surface area contributed by atoms with Crippen LogP contribution in [0.2, 0.25) is 5.02 Å². The lowest BCUT2D eigenvalue weighted by atomic mass is 10.1. The smallest absolute Gasteiger partial charge is 0.317 e. The molecule has 0 aromatic heterocycles. The van der Waals surface area contributed by atoms with Gasteiger partial charge in [0, 0.05) is 18.1 Å². The minimum absolute atomic E-state index is 0.0589. The first kappa shape index (κ1) is 16.3. The lowest BCUT2D eigenvalue weighted by Gasteiger charge is -2.23. The fourth-order valence-electron chi connectivity index (χ4n) is 1.75. The predicted molar refractivity (Wildman–Crippen MR) is 77.9 cm³/mol. The van der Waals surface area contributed by atoms with Gasteiger partial charge in [-0.25, -0.2) is 4.79 Å². The summed E-state index contributed by atoms with van der Waals surface area (Å²) in [6.45, 7) is 4.35. The molecule has 0 saturated carbocycles. The minimum Gasteiger partial charge on any atom is -0.481 e. The van der Waals surface area contributed by atoms with Gasteiger partial charge in [-0.2, -0.15) is 0 Å². The van der Waals surface area contributed by atoms with Gasteiger partial charge in [0.25, 0.3) is 0 Å². The van der Waals surface area contributed by atoms with Crippen LogP contribution in [0.5, 0.6) is 0 Å². The summed E-state index contributed by atoms with van der Waals surface area (Å²) in [7, 11) is 0. The van der Waals surface area contributed by atoms with E-state index >= 15 is 0 Å². The summed E-state index contributed by atoms with van der Waals surface area (Å²) in [4.78, 5) is 24.1. The molecule has 1 rings (SSSR count). The Balaban J connectivity index is 2.58. The molecule has 0 aliphatic carbocycles. The number of carbonyl (C=O) groups excluding carboxylic acids is 1. The van der Waals surface area contributed by atoms with Crippen LogP contribution >= 0.6 is 11.6 Å². The molecule has 0 bridgehead atoms. The molecule has 0 spiro atoms. The van der Waals surface area contributed by atoms with Crippen molar-refractivity contribution in [3.63, 3.8) is 0 Å². The summed E-state index contributed by atoms with van der Waals surface area (Å²) in [6.07, 6.45) is -0.0589. The Kier molecular flexibility index (Phi) is 6.31. The van der Waals surface area contributed by atoms with E-state index in [9.17, 15) is 9.59 Å². The van der Waals surface area contributed by atoms with E-state index in [0.717, 1.165) is 5.56 Å². The number of amides is 2. The summed E-state index contributed by atoms with van der Waals surface area (Å²) in [5.74, 6) is -0.915. The number of benzene rings is 1. The molecule has 1 aromatic carbocycles. The first-order valence-corrected chi connectivity index (χ1v) is 6.84. The zero-order chi connectivity index (χ0) is 15.1. The zero-order valence-electron chi connectivity index (χ0n) is 11.6. The third-order valence-electron chi connectivity index (χ3n) is 2.97. The highest BCUT2D eigenvalue weighted by atomic mass is 35.5. The van der Waals surface area contributed by atoms with Gasteiger partial charge in [0.15, 0.2) is 0 Å². The number of halogens is 1. The Bertz CT molecular complexity index is 462. The highest BCUT2D eigenvalue weighted by Gasteiger charge is 2.16. The lowest BCUT2D eigenvalue weighted by Crippen LogP contribution is -2.41. The first-order valence-electron chi connectivity index (χ1n) is 6.46. The second-order valence-electron chi connectivity index (χ2n) is 4.45. The third kappa shape index (κ3) is 5.09. The Morgan fingerprint density at radius 3 is 2.45 bits per heavy atom. The van der Waals surface area contributed by atoms with Crippen LogP contribution in [0.3, 0.4) is 0 Å². The van der Waals surface area contributed by atoms with Crippen LogP contribution in [-0.2, 0) is 4.79 Å². The number of carboxylic acids is 1. The number of hydrogen-bond donors (Lipinski definition) is 2. The van der Waals surface area contributed by atoms with E-state index in [0.29, 0.717) is 11.6 Å². The number of nitrogens with one attached hydrogen (secondary N) is 1. The molecule has 0 aliphatic rings. The Morgan fingerprint density at radius 1 is 1.35 bits per heavy atom. The van der Waals surface area contributed by atoms with Gasteiger partial charge in [0.1, 0.15) is 0 Å². The van der Waals surface area contributed by atoms with Crippen molar-refractivity contribution >= 4 is 23.6 Å². The monoisotopic (exact) mass is 298 g/mol. The fourth-order valence-corrected chi connectivity index (χ4v) is 1.87. The van der Waals surface area contributed by atoms with Crippen molar-refractivity contribution in [3.8, 4) is 0 Å². The molecule has 1 aromatic rings. The van der Waals surface area contributed by atoms with E-state index in [1.807, 2.05) is 26.0 Å². The SMILES string of the molecule is CCN(CCC(=O)O)C(=O)NC(C)c1ccc(Cl)cc1. The molecule has 5 nitrogen and oxygen atoms in total. The normalized spacial score (nSPS) is 11.8. The van der Waals surface area contributed by atoms with Crippen molar-refractivity contribution in [2.45, 2.75) is 26.3 Å². The van der Waals surface area contributed by atoms with Gasteiger partial charge in [-0.1, -0.05) is 23.7 Å². The molecule has 20 heavy (non-hydrogen) atoms. The van der Waals surface area contributed by atoms with Gasteiger partial charge in [-0.05, 0) is 31.5 Å². The first-order chi connectivity index (χ1) is 9.43. The zero-order valence-corrected chi connectivity index (χ0v) is 12.4. The number of urea groups is 1. The Labute approximate surface area is 123 Å². The lowest BCUT2D eigenvalue weighted by molar-refractivity contribution is -0.137. The molecular formula is C14H19ClN2O3. The van der Waals surface area contributed by atoms with Crippen molar-refractivity contribution < 1.29 is 14.7 Å². The average molecular weight is 299 g/mol. The maximum Gasteiger partial charge on any atom is 0.317 e. The van der Waals surface area contributed by atoms with Gasteiger partial charge in [-0.15, -0.1) is 0 Å². The van der Waals surface area contributed by atoms with E-state index in [1.54, 1.807) is 12.1 Å². The molecule has 0 aliphatic heterocycles. The van der Waals surface area contributed by atoms with Crippen molar-refractivity contribution in [1.82, 2.24) is 10.2 Å². The topological polar surface area (TPSA) is 69.6 Å².